The Balaban J connectivity index is 1.74. The van der Waals surface area contributed by atoms with Crippen molar-refractivity contribution < 1.29 is 24.2 Å². The highest BCUT2D eigenvalue weighted by Crippen LogP contribution is 2.20. The number of ether oxygens (including phenoxy) is 1. The largest absolute Gasteiger partial charge is 0.480 e. The molecular formula is C13H21N3O5. The van der Waals surface area contributed by atoms with Gasteiger partial charge >= 0.3 is 12.0 Å². The van der Waals surface area contributed by atoms with Crippen molar-refractivity contribution >= 4 is 17.9 Å². The first kappa shape index (κ1) is 15.6. The number of rotatable bonds is 5. The van der Waals surface area contributed by atoms with Gasteiger partial charge in [-0.25, -0.2) is 9.59 Å². The van der Waals surface area contributed by atoms with Gasteiger partial charge in [-0.1, -0.05) is 12.8 Å². The monoisotopic (exact) mass is 299 g/mol. The highest BCUT2D eigenvalue weighted by Gasteiger charge is 2.35. The number of carboxylic acid groups (broad SMARTS) is 1. The van der Waals surface area contributed by atoms with Crippen LogP contribution >= 0.6 is 0 Å². The quantitative estimate of drug-likeness (QED) is 0.595. The molecule has 0 aromatic carbocycles. The molecule has 2 aliphatic rings. The van der Waals surface area contributed by atoms with E-state index in [4.69, 9.17) is 9.84 Å². The van der Waals surface area contributed by atoms with E-state index in [1.54, 1.807) is 0 Å². The molecule has 0 aromatic heterocycles. The molecule has 0 spiro atoms. The SMILES string of the molecule is O=C1CN(C(=O)NCCOC2CCCC2)C(C(=O)O)CN1. The summed E-state index contributed by atoms with van der Waals surface area (Å²) in [5.41, 5.74) is 0. The zero-order chi connectivity index (χ0) is 15.2. The summed E-state index contributed by atoms with van der Waals surface area (Å²) in [4.78, 5) is 35.4. The van der Waals surface area contributed by atoms with Crippen LogP contribution in [0.4, 0.5) is 4.79 Å². The van der Waals surface area contributed by atoms with E-state index in [-0.39, 0.29) is 25.1 Å². The van der Waals surface area contributed by atoms with Crippen LogP contribution in [0.2, 0.25) is 0 Å². The predicted molar refractivity (Wildman–Crippen MR) is 72.7 cm³/mol. The van der Waals surface area contributed by atoms with Crippen molar-refractivity contribution in [2.75, 3.05) is 26.2 Å². The fourth-order valence-electron chi connectivity index (χ4n) is 2.62. The molecule has 1 aliphatic carbocycles. The third-order valence-corrected chi connectivity index (χ3v) is 3.76. The summed E-state index contributed by atoms with van der Waals surface area (Å²) in [6, 6.07) is -1.58. The van der Waals surface area contributed by atoms with Crippen LogP contribution in [-0.4, -0.2) is 66.3 Å². The van der Waals surface area contributed by atoms with Gasteiger partial charge in [0.05, 0.1) is 12.7 Å². The smallest absolute Gasteiger partial charge is 0.328 e. The van der Waals surface area contributed by atoms with Crippen LogP contribution in [0, 0.1) is 0 Å². The van der Waals surface area contributed by atoms with Gasteiger partial charge in [-0.05, 0) is 12.8 Å². The van der Waals surface area contributed by atoms with Gasteiger partial charge in [0, 0.05) is 13.1 Å². The maximum Gasteiger partial charge on any atom is 0.328 e. The normalized spacial score (nSPS) is 23.0. The van der Waals surface area contributed by atoms with Crippen LogP contribution in [0.1, 0.15) is 25.7 Å². The van der Waals surface area contributed by atoms with Gasteiger partial charge in [0.15, 0.2) is 0 Å². The van der Waals surface area contributed by atoms with E-state index in [1.807, 2.05) is 0 Å². The molecule has 118 valence electrons. The van der Waals surface area contributed by atoms with Crippen molar-refractivity contribution in [3.8, 4) is 0 Å². The summed E-state index contributed by atoms with van der Waals surface area (Å²) < 4.78 is 5.61. The van der Waals surface area contributed by atoms with E-state index < -0.39 is 18.0 Å². The van der Waals surface area contributed by atoms with Crippen LogP contribution in [0.15, 0.2) is 0 Å². The maximum atomic E-state index is 12.0. The number of nitrogens with zero attached hydrogens (tertiary/aromatic N) is 1. The number of carbonyl (C=O) groups is 3. The van der Waals surface area contributed by atoms with Gasteiger partial charge in [0.2, 0.25) is 5.91 Å². The zero-order valence-corrected chi connectivity index (χ0v) is 11.8. The van der Waals surface area contributed by atoms with Crippen LogP contribution in [0.5, 0.6) is 0 Å². The summed E-state index contributed by atoms with van der Waals surface area (Å²) in [6.45, 7) is 0.389. The summed E-state index contributed by atoms with van der Waals surface area (Å²) in [5.74, 6) is -1.49. The van der Waals surface area contributed by atoms with Gasteiger partial charge in [0.1, 0.15) is 12.6 Å². The molecule has 1 saturated carbocycles. The Labute approximate surface area is 122 Å². The Hall–Kier alpha value is -1.83. The van der Waals surface area contributed by atoms with Gasteiger partial charge < -0.3 is 20.5 Å². The van der Waals surface area contributed by atoms with E-state index >= 15 is 0 Å². The Morgan fingerprint density at radius 1 is 1.38 bits per heavy atom. The lowest BCUT2D eigenvalue weighted by molar-refractivity contribution is -0.144. The lowest BCUT2D eigenvalue weighted by atomic mass is 10.2. The minimum Gasteiger partial charge on any atom is -0.480 e. The molecule has 8 nitrogen and oxygen atoms in total. The summed E-state index contributed by atoms with van der Waals surface area (Å²) in [6.07, 6.45) is 4.75. The molecule has 1 saturated heterocycles. The average Bonchev–Trinajstić information content (AvgIpc) is 2.96. The standard InChI is InChI=1S/C13H21N3O5/c17-11-8-16(10(7-15-11)12(18)19)13(20)14-5-6-21-9-3-1-2-4-9/h9-10H,1-8H2,(H,14,20)(H,15,17)(H,18,19). The molecule has 8 heteroatoms. The minimum atomic E-state index is -1.13. The molecule has 2 fully saturated rings. The Morgan fingerprint density at radius 3 is 2.76 bits per heavy atom. The van der Waals surface area contributed by atoms with E-state index in [0.29, 0.717) is 13.2 Å². The summed E-state index contributed by atoms with van der Waals surface area (Å²) in [5, 5.41) is 14.1. The number of piperazine rings is 1. The molecule has 3 amide bonds. The maximum absolute atomic E-state index is 12.0. The topological polar surface area (TPSA) is 108 Å². The predicted octanol–water partition coefficient (Wildman–Crippen LogP) is -0.460. The van der Waals surface area contributed by atoms with E-state index in [2.05, 4.69) is 10.6 Å². The Kier molecular flexibility index (Phi) is 5.38. The lowest BCUT2D eigenvalue weighted by Gasteiger charge is -2.32. The van der Waals surface area contributed by atoms with Crippen LogP contribution < -0.4 is 10.6 Å². The Bertz CT molecular complexity index is 409. The van der Waals surface area contributed by atoms with Crippen LogP contribution in [0.3, 0.4) is 0 Å². The van der Waals surface area contributed by atoms with E-state index in [1.165, 1.54) is 12.8 Å². The van der Waals surface area contributed by atoms with Gasteiger partial charge in [-0.2, -0.15) is 0 Å². The lowest BCUT2D eigenvalue weighted by Crippen LogP contribution is -2.61. The number of amides is 3. The zero-order valence-electron chi connectivity index (χ0n) is 11.8. The van der Waals surface area contributed by atoms with Gasteiger partial charge in [-0.15, -0.1) is 0 Å². The molecule has 1 heterocycles. The number of hydrogen-bond acceptors (Lipinski definition) is 4. The molecule has 2 rings (SSSR count). The van der Waals surface area contributed by atoms with Crippen LogP contribution in [-0.2, 0) is 14.3 Å². The molecule has 1 aliphatic heterocycles. The first-order valence-corrected chi connectivity index (χ1v) is 7.23. The number of carbonyl (C=O) groups excluding carboxylic acids is 2. The molecular weight excluding hydrogens is 278 g/mol. The fraction of sp³-hybridized carbons (Fsp3) is 0.769. The highest BCUT2D eigenvalue weighted by molar-refractivity contribution is 5.90. The first-order valence-electron chi connectivity index (χ1n) is 7.23. The van der Waals surface area contributed by atoms with Crippen LogP contribution in [0.25, 0.3) is 0 Å². The van der Waals surface area contributed by atoms with Crippen molar-refractivity contribution in [2.45, 2.75) is 37.8 Å². The number of hydrogen-bond donors (Lipinski definition) is 3. The second-order valence-corrected chi connectivity index (χ2v) is 5.30. The molecule has 0 bridgehead atoms. The number of nitrogens with one attached hydrogen (secondary N) is 2. The van der Waals surface area contributed by atoms with E-state index in [9.17, 15) is 14.4 Å². The van der Waals surface area contributed by atoms with Crippen molar-refractivity contribution in [1.29, 1.82) is 0 Å². The van der Waals surface area contributed by atoms with Crippen molar-refractivity contribution in [1.82, 2.24) is 15.5 Å². The van der Waals surface area contributed by atoms with Gasteiger partial charge in [0.25, 0.3) is 0 Å². The third-order valence-electron chi connectivity index (χ3n) is 3.76. The molecule has 1 unspecified atom stereocenters. The number of carboxylic acids is 1. The Morgan fingerprint density at radius 2 is 2.10 bits per heavy atom. The summed E-state index contributed by atoms with van der Waals surface area (Å²) >= 11 is 0. The fourth-order valence-corrected chi connectivity index (χ4v) is 2.62. The van der Waals surface area contributed by atoms with Crippen molar-refractivity contribution in [3.05, 3.63) is 0 Å². The second kappa shape index (κ2) is 7.26. The highest BCUT2D eigenvalue weighted by atomic mass is 16.5. The molecule has 0 aromatic rings. The average molecular weight is 299 g/mol. The molecule has 0 radical (unpaired) electrons. The number of urea groups is 1. The first-order chi connectivity index (χ1) is 10.1. The third kappa shape index (κ3) is 4.32. The van der Waals surface area contributed by atoms with Crippen molar-refractivity contribution in [3.63, 3.8) is 0 Å². The molecule has 1 atom stereocenters. The van der Waals surface area contributed by atoms with Crippen molar-refractivity contribution in [2.24, 2.45) is 0 Å². The minimum absolute atomic E-state index is 0.0693. The molecule has 3 N–H and O–H groups in total. The van der Waals surface area contributed by atoms with Gasteiger partial charge in [-0.3, -0.25) is 9.69 Å². The second-order valence-electron chi connectivity index (χ2n) is 5.30. The summed E-state index contributed by atoms with van der Waals surface area (Å²) in [7, 11) is 0. The molecule has 21 heavy (non-hydrogen) atoms. The number of aliphatic carboxylic acids is 1. The van der Waals surface area contributed by atoms with E-state index in [0.717, 1.165) is 17.7 Å².